The van der Waals surface area contributed by atoms with Gasteiger partial charge in [0.2, 0.25) is 5.91 Å². The molecule has 0 fully saturated rings. The molecule has 0 heterocycles. The number of amides is 1. The van der Waals surface area contributed by atoms with E-state index in [1.54, 1.807) is 0 Å². The smallest absolute Gasteiger partial charge is 0.224 e. The molecule has 0 aliphatic carbocycles. The molecule has 0 saturated carbocycles. The van der Waals surface area contributed by atoms with E-state index in [0.717, 1.165) is 51.7 Å². The molecule has 0 aliphatic rings. The minimum Gasteiger partial charge on any atom is -0.379 e. The fourth-order valence-electron chi connectivity index (χ4n) is 2.62. The third-order valence-corrected chi connectivity index (χ3v) is 4.25. The highest BCUT2D eigenvalue weighted by Gasteiger charge is 2.12. The lowest BCUT2D eigenvalue weighted by atomic mass is 10.2. The van der Waals surface area contributed by atoms with E-state index < -0.39 is 0 Å². The van der Waals surface area contributed by atoms with Crippen molar-refractivity contribution in [2.45, 2.75) is 38.5 Å². The van der Waals surface area contributed by atoms with Crippen LogP contribution in [0.3, 0.4) is 0 Å². The number of carbonyl (C=O) groups excluding carboxylic acids is 1. The lowest BCUT2D eigenvalue weighted by Gasteiger charge is -2.23. The first-order chi connectivity index (χ1) is 14.8. The first-order valence-electron chi connectivity index (χ1n) is 10.9. The highest BCUT2D eigenvalue weighted by atomic mass is 16.6. The SMILES string of the molecule is C#CCOCCOCCOCCOCCC(=O)N(CCCCN)CCCCCNN. The highest BCUT2D eigenvalue weighted by molar-refractivity contribution is 5.76. The summed E-state index contributed by atoms with van der Waals surface area (Å²) in [5, 5.41) is 0. The summed E-state index contributed by atoms with van der Waals surface area (Å²) in [6.45, 7) is 6.56. The molecule has 0 atom stereocenters. The number of carbonyl (C=O) groups is 1. The molecule has 0 rings (SSSR count). The van der Waals surface area contributed by atoms with Crippen molar-refractivity contribution in [1.29, 1.82) is 0 Å². The van der Waals surface area contributed by atoms with Gasteiger partial charge >= 0.3 is 0 Å². The van der Waals surface area contributed by atoms with Gasteiger partial charge in [0.1, 0.15) is 6.61 Å². The minimum atomic E-state index is 0.130. The number of nitrogens with zero attached hydrogens (tertiary/aromatic N) is 1. The van der Waals surface area contributed by atoms with E-state index in [9.17, 15) is 4.79 Å². The van der Waals surface area contributed by atoms with Gasteiger partial charge in [-0.3, -0.25) is 16.1 Å². The highest BCUT2D eigenvalue weighted by Crippen LogP contribution is 2.04. The summed E-state index contributed by atoms with van der Waals surface area (Å²) in [5.41, 5.74) is 8.21. The van der Waals surface area contributed by atoms with Crippen molar-refractivity contribution in [1.82, 2.24) is 10.3 Å². The van der Waals surface area contributed by atoms with Gasteiger partial charge in [-0.2, -0.15) is 0 Å². The maximum absolute atomic E-state index is 12.5. The van der Waals surface area contributed by atoms with Crippen LogP contribution in [0.2, 0.25) is 0 Å². The van der Waals surface area contributed by atoms with E-state index in [4.69, 9.17) is 36.9 Å². The van der Waals surface area contributed by atoms with Crippen LogP contribution in [-0.2, 0) is 23.7 Å². The monoisotopic (exact) mass is 430 g/mol. The molecule has 0 saturated heterocycles. The Morgan fingerprint density at radius 3 is 1.97 bits per heavy atom. The van der Waals surface area contributed by atoms with Gasteiger partial charge in [0.15, 0.2) is 0 Å². The van der Waals surface area contributed by atoms with Gasteiger partial charge in [-0.15, -0.1) is 6.42 Å². The zero-order chi connectivity index (χ0) is 22.1. The molecule has 0 radical (unpaired) electrons. The molecule has 0 unspecified atom stereocenters. The largest absolute Gasteiger partial charge is 0.379 e. The molecule has 5 N–H and O–H groups in total. The van der Waals surface area contributed by atoms with E-state index in [-0.39, 0.29) is 5.91 Å². The van der Waals surface area contributed by atoms with Gasteiger partial charge in [0, 0.05) is 19.6 Å². The Balaban J connectivity index is 3.69. The summed E-state index contributed by atoms with van der Waals surface area (Å²) in [5.74, 6) is 7.80. The molecule has 0 aliphatic heterocycles. The number of hydrogen-bond acceptors (Lipinski definition) is 8. The molecular formula is C21H42N4O5. The Morgan fingerprint density at radius 2 is 1.40 bits per heavy atom. The van der Waals surface area contributed by atoms with Gasteiger partial charge < -0.3 is 29.6 Å². The van der Waals surface area contributed by atoms with Gasteiger partial charge in [-0.25, -0.2) is 0 Å². The lowest BCUT2D eigenvalue weighted by Crippen LogP contribution is -2.34. The Hall–Kier alpha value is -1.25. The zero-order valence-corrected chi connectivity index (χ0v) is 18.4. The van der Waals surface area contributed by atoms with Gasteiger partial charge in [0.25, 0.3) is 0 Å². The summed E-state index contributed by atoms with van der Waals surface area (Å²) in [6.07, 6.45) is 10.3. The molecule has 0 bridgehead atoms. The fourth-order valence-corrected chi connectivity index (χ4v) is 2.62. The van der Waals surface area contributed by atoms with Crippen molar-refractivity contribution >= 4 is 5.91 Å². The first-order valence-corrected chi connectivity index (χ1v) is 10.9. The third kappa shape index (κ3) is 20.0. The third-order valence-electron chi connectivity index (χ3n) is 4.25. The summed E-state index contributed by atoms with van der Waals surface area (Å²) >= 11 is 0. The van der Waals surface area contributed by atoms with Crippen LogP contribution in [0.15, 0.2) is 0 Å². The van der Waals surface area contributed by atoms with E-state index in [1.807, 2.05) is 4.90 Å². The van der Waals surface area contributed by atoms with E-state index in [1.165, 1.54) is 0 Å². The molecule has 9 heteroatoms. The fraction of sp³-hybridized carbons (Fsp3) is 0.857. The van der Waals surface area contributed by atoms with E-state index in [2.05, 4.69) is 11.3 Å². The molecule has 0 aromatic rings. The first kappa shape index (κ1) is 28.8. The quantitative estimate of drug-likeness (QED) is 0.0915. The number of ether oxygens (including phenoxy) is 4. The molecule has 0 aromatic carbocycles. The van der Waals surface area contributed by atoms with Crippen LogP contribution in [-0.4, -0.2) is 89.8 Å². The second-order valence-corrected chi connectivity index (χ2v) is 6.74. The average molecular weight is 431 g/mol. The van der Waals surface area contributed by atoms with Gasteiger partial charge in [0.05, 0.1) is 52.7 Å². The van der Waals surface area contributed by atoms with Crippen LogP contribution in [0.5, 0.6) is 0 Å². The van der Waals surface area contributed by atoms with Crippen LogP contribution in [0, 0.1) is 12.3 Å². The number of hydrogen-bond donors (Lipinski definition) is 3. The number of unbranched alkanes of at least 4 members (excludes halogenated alkanes) is 3. The van der Waals surface area contributed by atoms with Crippen molar-refractivity contribution in [2.75, 3.05) is 79.0 Å². The van der Waals surface area contributed by atoms with E-state index in [0.29, 0.717) is 65.8 Å². The maximum Gasteiger partial charge on any atom is 0.224 e. The van der Waals surface area contributed by atoms with Crippen LogP contribution >= 0.6 is 0 Å². The summed E-state index contributed by atoms with van der Waals surface area (Å²) in [4.78, 5) is 14.4. The number of hydrazine groups is 1. The average Bonchev–Trinajstić information content (AvgIpc) is 2.75. The van der Waals surface area contributed by atoms with Crippen molar-refractivity contribution < 1.29 is 23.7 Å². The van der Waals surface area contributed by atoms with Crippen LogP contribution in [0.4, 0.5) is 0 Å². The summed E-state index contributed by atoms with van der Waals surface area (Å²) < 4.78 is 21.4. The lowest BCUT2D eigenvalue weighted by molar-refractivity contribution is -0.132. The Kier molecular flexibility index (Phi) is 23.0. The Bertz CT molecular complexity index is 421. The molecular weight excluding hydrogens is 388 g/mol. The van der Waals surface area contributed by atoms with Crippen LogP contribution in [0.25, 0.3) is 0 Å². The number of nitrogens with one attached hydrogen (secondary N) is 1. The molecule has 0 aromatic heterocycles. The standard InChI is InChI=1S/C21H42N4O5/c1-2-13-27-15-17-29-19-20-30-18-16-28-14-8-21(26)25(12-7-4-9-22)11-6-3-5-10-24-23/h1,24H,3-20,22-23H2. The van der Waals surface area contributed by atoms with Crippen molar-refractivity contribution in [3.63, 3.8) is 0 Å². The number of terminal acetylenes is 1. The van der Waals surface area contributed by atoms with Crippen molar-refractivity contribution in [3.8, 4) is 12.3 Å². The predicted octanol–water partition coefficient (Wildman–Crippen LogP) is 0.277. The second kappa shape index (κ2) is 24.0. The topological polar surface area (TPSA) is 121 Å². The van der Waals surface area contributed by atoms with Crippen LogP contribution < -0.4 is 17.0 Å². The maximum atomic E-state index is 12.5. The molecule has 9 nitrogen and oxygen atoms in total. The van der Waals surface area contributed by atoms with Gasteiger partial charge in [-0.05, 0) is 32.2 Å². The molecule has 30 heavy (non-hydrogen) atoms. The van der Waals surface area contributed by atoms with Crippen LogP contribution in [0.1, 0.15) is 38.5 Å². The van der Waals surface area contributed by atoms with Crippen molar-refractivity contribution in [3.05, 3.63) is 0 Å². The normalized spacial score (nSPS) is 10.8. The Labute approximate surface area is 182 Å². The van der Waals surface area contributed by atoms with E-state index >= 15 is 0 Å². The number of rotatable bonds is 23. The van der Waals surface area contributed by atoms with Crippen molar-refractivity contribution in [2.24, 2.45) is 11.6 Å². The summed E-state index contributed by atoms with van der Waals surface area (Å²) in [6, 6.07) is 0. The Morgan fingerprint density at radius 1 is 0.833 bits per heavy atom. The number of nitrogens with two attached hydrogens (primary N) is 2. The molecule has 0 spiro atoms. The molecule has 176 valence electrons. The second-order valence-electron chi connectivity index (χ2n) is 6.74. The molecule has 1 amide bonds. The zero-order valence-electron chi connectivity index (χ0n) is 18.4. The summed E-state index contributed by atoms with van der Waals surface area (Å²) in [7, 11) is 0. The predicted molar refractivity (Wildman–Crippen MR) is 118 cm³/mol. The van der Waals surface area contributed by atoms with Gasteiger partial charge in [-0.1, -0.05) is 12.3 Å². The minimum absolute atomic E-state index is 0.130.